The van der Waals surface area contributed by atoms with E-state index in [9.17, 15) is 9.59 Å². The minimum Gasteiger partial charge on any atom is -0.481 e. The number of hydrogen-bond donors (Lipinski definition) is 2. The molecule has 5 unspecified atom stereocenters. The molecule has 3 aliphatic rings. The van der Waals surface area contributed by atoms with Gasteiger partial charge in [-0.2, -0.15) is 0 Å². The summed E-state index contributed by atoms with van der Waals surface area (Å²) in [5, 5.41) is 11.9. The molecule has 1 aliphatic heterocycles. The van der Waals surface area contributed by atoms with Crippen LogP contribution in [0.4, 0.5) is 0 Å². The van der Waals surface area contributed by atoms with Gasteiger partial charge >= 0.3 is 5.97 Å². The van der Waals surface area contributed by atoms with Crippen LogP contribution in [-0.4, -0.2) is 35.7 Å². The first kappa shape index (κ1) is 12.0. The molecular formula is C13H19NO4. The minimum atomic E-state index is -0.846. The van der Waals surface area contributed by atoms with Crippen molar-refractivity contribution in [2.75, 3.05) is 6.61 Å². The van der Waals surface area contributed by atoms with Crippen LogP contribution in [0.25, 0.3) is 0 Å². The average molecular weight is 253 g/mol. The predicted molar refractivity (Wildman–Crippen MR) is 62.9 cm³/mol. The Morgan fingerprint density at radius 1 is 1.17 bits per heavy atom. The molecule has 1 heterocycles. The van der Waals surface area contributed by atoms with Crippen molar-refractivity contribution in [1.82, 2.24) is 5.32 Å². The quantitative estimate of drug-likeness (QED) is 0.779. The molecule has 2 N–H and O–H groups in total. The molecule has 0 aromatic heterocycles. The van der Waals surface area contributed by atoms with Crippen molar-refractivity contribution in [2.24, 2.45) is 17.8 Å². The molecule has 3 rings (SSSR count). The zero-order valence-electron chi connectivity index (χ0n) is 10.3. The van der Waals surface area contributed by atoms with Crippen molar-refractivity contribution in [3.63, 3.8) is 0 Å². The number of carboxylic acid groups (broad SMARTS) is 1. The molecular weight excluding hydrogens is 234 g/mol. The number of hydrogen-bond acceptors (Lipinski definition) is 3. The molecule has 1 saturated heterocycles. The van der Waals surface area contributed by atoms with E-state index >= 15 is 0 Å². The third-order valence-corrected chi connectivity index (χ3v) is 4.55. The maximum atomic E-state index is 12.0. The highest BCUT2D eigenvalue weighted by Crippen LogP contribution is 2.40. The third-order valence-electron chi connectivity index (χ3n) is 4.55. The topological polar surface area (TPSA) is 75.6 Å². The first-order valence-electron chi connectivity index (χ1n) is 6.81. The predicted octanol–water partition coefficient (Wildman–Crippen LogP) is 0.781. The van der Waals surface area contributed by atoms with E-state index in [1.165, 1.54) is 0 Å². The van der Waals surface area contributed by atoms with Crippen molar-refractivity contribution >= 4 is 11.9 Å². The van der Waals surface area contributed by atoms with Crippen molar-refractivity contribution in [2.45, 2.75) is 44.2 Å². The molecule has 0 aromatic rings. The van der Waals surface area contributed by atoms with Crippen LogP contribution in [0.3, 0.4) is 0 Å². The van der Waals surface area contributed by atoms with Gasteiger partial charge in [-0.05, 0) is 32.1 Å². The molecule has 0 spiro atoms. The molecule has 0 radical (unpaired) electrons. The average Bonchev–Trinajstić information content (AvgIpc) is 3.01. The zero-order chi connectivity index (χ0) is 12.7. The van der Waals surface area contributed by atoms with Crippen LogP contribution in [0.2, 0.25) is 0 Å². The van der Waals surface area contributed by atoms with Crippen LogP contribution < -0.4 is 5.32 Å². The van der Waals surface area contributed by atoms with Gasteiger partial charge in [0.1, 0.15) is 0 Å². The van der Waals surface area contributed by atoms with Gasteiger partial charge in [0.15, 0.2) is 0 Å². The SMILES string of the molecule is O=C(O)C1CC1C(=O)NC1CCCC2OCCC12. The summed E-state index contributed by atoms with van der Waals surface area (Å²) in [7, 11) is 0. The maximum Gasteiger partial charge on any atom is 0.307 e. The second-order valence-electron chi connectivity index (χ2n) is 5.69. The number of ether oxygens (including phenoxy) is 1. The second kappa shape index (κ2) is 4.53. The van der Waals surface area contributed by atoms with Crippen LogP contribution in [0.5, 0.6) is 0 Å². The monoisotopic (exact) mass is 253 g/mol. The second-order valence-corrected chi connectivity index (χ2v) is 5.69. The number of carboxylic acids is 1. The van der Waals surface area contributed by atoms with Gasteiger partial charge < -0.3 is 15.2 Å². The summed E-state index contributed by atoms with van der Waals surface area (Å²) in [5.74, 6) is -1.24. The Hall–Kier alpha value is -1.10. The molecule has 0 bridgehead atoms. The van der Waals surface area contributed by atoms with E-state index in [1.54, 1.807) is 0 Å². The number of carbonyl (C=O) groups excluding carboxylic acids is 1. The minimum absolute atomic E-state index is 0.0695. The molecule has 3 fully saturated rings. The van der Waals surface area contributed by atoms with E-state index in [2.05, 4.69) is 5.32 Å². The lowest BCUT2D eigenvalue weighted by atomic mass is 9.81. The smallest absolute Gasteiger partial charge is 0.307 e. The highest BCUT2D eigenvalue weighted by Gasteiger charge is 2.49. The van der Waals surface area contributed by atoms with Crippen LogP contribution >= 0.6 is 0 Å². The largest absolute Gasteiger partial charge is 0.481 e. The fourth-order valence-electron chi connectivity index (χ4n) is 3.40. The Morgan fingerprint density at radius 3 is 2.72 bits per heavy atom. The number of amides is 1. The van der Waals surface area contributed by atoms with Gasteiger partial charge in [0.2, 0.25) is 5.91 Å². The number of carbonyl (C=O) groups is 2. The van der Waals surface area contributed by atoms with Crippen molar-refractivity contribution in [1.29, 1.82) is 0 Å². The summed E-state index contributed by atoms with van der Waals surface area (Å²) in [6.07, 6.45) is 5.00. The Morgan fingerprint density at radius 2 is 2.00 bits per heavy atom. The van der Waals surface area contributed by atoms with Gasteiger partial charge in [-0.3, -0.25) is 9.59 Å². The first-order valence-corrected chi connectivity index (χ1v) is 6.81. The Kier molecular flexibility index (Phi) is 3.01. The van der Waals surface area contributed by atoms with E-state index in [-0.39, 0.29) is 17.9 Å². The Labute approximate surface area is 106 Å². The van der Waals surface area contributed by atoms with Crippen LogP contribution in [0.15, 0.2) is 0 Å². The summed E-state index contributed by atoms with van der Waals surface area (Å²) < 4.78 is 5.66. The normalized spacial score (nSPS) is 42.1. The van der Waals surface area contributed by atoms with E-state index in [0.717, 1.165) is 32.3 Å². The van der Waals surface area contributed by atoms with Gasteiger partial charge in [-0.25, -0.2) is 0 Å². The molecule has 1 amide bonds. The van der Waals surface area contributed by atoms with E-state index in [0.29, 0.717) is 18.4 Å². The zero-order valence-corrected chi connectivity index (χ0v) is 10.3. The molecule has 5 nitrogen and oxygen atoms in total. The summed E-state index contributed by atoms with van der Waals surface area (Å²) in [4.78, 5) is 22.7. The lowest BCUT2D eigenvalue weighted by Crippen LogP contribution is -2.46. The number of fused-ring (bicyclic) bond motifs is 1. The molecule has 0 aromatic carbocycles. The number of aliphatic carboxylic acids is 1. The Bertz CT molecular complexity index is 370. The van der Waals surface area contributed by atoms with E-state index in [4.69, 9.17) is 9.84 Å². The van der Waals surface area contributed by atoms with Crippen LogP contribution in [0.1, 0.15) is 32.1 Å². The molecule has 2 aliphatic carbocycles. The lowest BCUT2D eigenvalue weighted by Gasteiger charge is -2.33. The lowest BCUT2D eigenvalue weighted by molar-refractivity contribution is -0.140. The van der Waals surface area contributed by atoms with Gasteiger partial charge in [-0.15, -0.1) is 0 Å². The molecule has 18 heavy (non-hydrogen) atoms. The summed E-state index contributed by atoms with van der Waals surface area (Å²) in [6.45, 7) is 0.795. The fourth-order valence-corrected chi connectivity index (χ4v) is 3.40. The van der Waals surface area contributed by atoms with Crippen molar-refractivity contribution < 1.29 is 19.4 Å². The van der Waals surface area contributed by atoms with E-state index in [1.807, 2.05) is 0 Å². The molecule has 5 atom stereocenters. The van der Waals surface area contributed by atoms with Crippen molar-refractivity contribution in [3.05, 3.63) is 0 Å². The van der Waals surface area contributed by atoms with Gasteiger partial charge in [-0.1, -0.05) is 0 Å². The fraction of sp³-hybridized carbons (Fsp3) is 0.846. The Balaban J connectivity index is 1.56. The van der Waals surface area contributed by atoms with Crippen molar-refractivity contribution in [3.8, 4) is 0 Å². The molecule has 100 valence electrons. The standard InChI is InChI=1S/C13H19NO4/c15-12(8-6-9(8)13(16)17)14-10-2-1-3-11-7(10)4-5-18-11/h7-11H,1-6H2,(H,14,15)(H,16,17). The van der Waals surface area contributed by atoms with Gasteiger partial charge in [0, 0.05) is 18.6 Å². The number of nitrogens with one attached hydrogen (secondary N) is 1. The third kappa shape index (κ3) is 2.11. The summed E-state index contributed by atoms with van der Waals surface area (Å²) >= 11 is 0. The summed E-state index contributed by atoms with van der Waals surface area (Å²) in [5.41, 5.74) is 0. The van der Waals surface area contributed by atoms with Crippen LogP contribution in [0, 0.1) is 17.8 Å². The molecule has 5 heteroatoms. The van der Waals surface area contributed by atoms with E-state index < -0.39 is 11.9 Å². The van der Waals surface area contributed by atoms with Crippen LogP contribution in [-0.2, 0) is 14.3 Å². The summed E-state index contributed by atoms with van der Waals surface area (Å²) in [6, 6.07) is 0.189. The van der Waals surface area contributed by atoms with Gasteiger partial charge in [0.05, 0.1) is 17.9 Å². The maximum absolute atomic E-state index is 12.0. The highest BCUT2D eigenvalue weighted by molar-refractivity contribution is 5.89. The molecule has 2 saturated carbocycles. The number of rotatable bonds is 3. The highest BCUT2D eigenvalue weighted by atomic mass is 16.5. The van der Waals surface area contributed by atoms with Gasteiger partial charge in [0.25, 0.3) is 0 Å². The first-order chi connectivity index (χ1) is 8.66.